The molecule has 0 spiro atoms. The summed E-state index contributed by atoms with van der Waals surface area (Å²) >= 11 is 0. The lowest BCUT2D eigenvalue weighted by atomic mass is 10.2. The molecular weight excluding hydrogens is 398 g/mol. The Balaban J connectivity index is 1.51. The van der Waals surface area contributed by atoms with Crippen molar-refractivity contribution in [3.05, 3.63) is 54.1 Å². The van der Waals surface area contributed by atoms with Gasteiger partial charge in [-0.1, -0.05) is 25.0 Å². The summed E-state index contributed by atoms with van der Waals surface area (Å²) in [7, 11) is -3.59. The van der Waals surface area contributed by atoms with Gasteiger partial charge in [-0.3, -0.25) is 4.79 Å². The fraction of sp³-hybridized carbons (Fsp3) is 0.435. The van der Waals surface area contributed by atoms with E-state index in [1.54, 1.807) is 22.5 Å². The smallest absolute Gasteiger partial charge is 0.255 e. The Hall–Kier alpha value is -2.38. The molecule has 2 heterocycles. The van der Waals surface area contributed by atoms with Gasteiger partial charge in [-0.15, -0.1) is 0 Å². The predicted octanol–water partition coefficient (Wildman–Crippen LogP) is 4.10. The molecule has 2 aliphatic rings. The number of nitrogens with one attached hydrogen (secondary N) is 1. The quantitative estimate of drug-likeness (QED) is 0.780. The normalized spacial score (nSPS) is 18.2. The van der Waals surface area contributed by atoms with Crippen molar-refractivity contribution in [2.75, 3.05) is 36.4 Å². The topological polar surface area (TPSA) is 69.7 Å². The van der Waals surface area contributed by atoms with Gasteiger partial charge in [0.2, 0.25) is 10.0 Å². The molecule has 0 saturated carbocycles. The van der Waals surface area contributed by atoms with E-state index >= 15 is 0 Å². The van der Waals surface area contributed by atoms with E-state index in [2.05, 4.69) is 16.3 Å². The number of benzene rings is 2. The van der Waals surface area contributed by atoms with E-state index in [0.717, 1.165) is 44.5 Å². The predicted molar refractivity (Wildman–Crippen MR) is 120 cm³/mol. The van der Waals surface area contributed by atoms with Gasteiger partial charge in [0.05, 0.1) is 4.90 Å². The Morgan fingerprint density at radius 3 is 2.20 bits per heavy atom. The average molecular weight is 428 g/mol. The maximum Gasteiger partial charge on any atom is 0.255 e. The molecule has 0 unspecified atom stereocenters. The van der Waals surface area contributed by atoms with Crippen LogP contribution in [0.1, 0.15) is 48.9 Å². The third kappa shape index (κ3) is 4.68. The SMILES string of the molecule is O=C(Nc1cccc(N2CCCC2)c1)c1cccc(S(=O)(=O)N2CCCCCC2)c1. The zero-order valence-electron chi connectivity index (χ0n) is 17.2. The molecule has 2 fully saturated rings. The van der Waals surface area contributed by atoms with Gasteiger partial charge in [-0.05, 0) is 62.1 Å². The van der Waals surface area contributed by atoms with E-state index < -0.39 is 10.0 Å². The van der Waals surface area contributed by atoms with Crippen LogP contribution in [0.2, 0.25) is 0 Å². The first-order chi connectivity index (χ1) is 14.5. The number of anilines is 2. The monoisotopic (exact) mass is 427 g/mol. The fourth-order valence-electron chi connectivity index (χ4n) is 4.19. The number of carbonyl (C=O) groups excluding carboxylic acids is 1. The van der Waals surface area contributed by atoms with Crippen LogP contribution < -0.4 is 10.2 Å². The van der Waals surface area contributed by atoms with Crippen LogP contribution in [0.3, 0.4) is 0 Å². The summed E-state index contributed by atoms with van der Waals surface area (Å²) in [6, 6.07) is 14.2. The molecule has 0 bridgehead atoms. The van der Waals surface area contributed by atoms with Crippen molar-refractivity contribution in [2.24, 2.45) is 0 Å². The fourth-order valence-corrected chi connectivity index (χ4v) is 5.75. The van der Waals surface area contributed by atoms with Crippen molar-refractivity contribution in [1.82, 2.24) is 4.31 Å². The summed E-state index contributed by atoms with van der Waals surface area (Å²) in [6.07, 6.45) is 6.26. The molecule has 2 aliphatic heterocycles. The van der Waals surface area contributed by atoms with Crippen molar-refractivity contribution in [3.8, 4) is 0 Å². The molecule has 30 heavy (non-hydrogen) atoms. The summed E-state index contributed by atoms with van der Waals surface area (Å²) in [6.45, 7) is 3.16. The van der Waals surface area contributed by atoms with Gasteiger partial charge in [0.25, 0.3) is 5.91 Å². The highest BCUT2D eigenvalue weighted by Crippen LogP contribution is 2.25. The van der Waals surface area contributed by atoms with E-state index in [4.69, 9.17) is 0 Å². The molecule has 0 aromatic heterocycles. The van der Waals surface area contributed by atoms with Crippen LogP contribution in [0.15, 0.2) is 53.4 Å². The number of hydrogen-bond donors (Lipinski definition) is 1. The molecule has 2 aromatic carbocycles. The lowest BCUT2D eigenvalue weighted by molar-refractivity contribution is 0.102. The number of amides is 1. The van der Waals surface area contributed by atoms with E-state index in [1.807, 2.05) is 18.2 Å². The molecule has 1 N–H and O–H groups in total. The summed E-state index contributed by atoms with van der Waals surface area (Å²) in [4.78, 5) is 15.3. The van der Waals surface area contributed by atoms with Crippen LogP contribution in [0.25, 0.3) is 0 Å². The molecule has 2 saturated heterocycles. The molecule has 2 aromatic rings. The maximum absolute atomic E-state index is 13.1. The van der Waals surface area contributed by atoms with Crippen LogP contribution in [-0.2, 0) is 10.0 Å². The second-order valence-electron chi connectivity index (χ2n) is 8.04. The van der Waals surface area contributed by atoms with Crippen LogP contribution >= 0.6 is 0 Å². The Kier molecular flexibility index (Phi) is 6.39. The third-order valence-electron chi connectivity index (χ3n) is 5.87. The Morgan fingerprint density at radius 2 is 1.47 bits per heavy atom. The minimum absolute atomic E-state index is 0.183. The largest absolute Gasteiger partial charge is 0.371 e. The molecule has 160 valence electrons. The van der Waals surface area contributed by atoms with Gasteiger partial charge < -0.3 is 10.2 Å². The van der Waals surface area contributed by atoms with Crippen LogP contribution in [0.5, 0.6) is 0 Å². The zero-order valence-corrected chi connectivity index (χ0v) is 18.0. The summed E-state index contributed by atoms with van der Waals surface area (Å²) < 4.78 is 27.7. The van der Waals surface area contributed by atoms with Gasteiger partial charge in [-0.2, -0.15) is 4.31 Å². The van der Waals surface area contributed by atoms with Crippen LogP contribution in [0.4, 0.5) is 11.4 Å². The Labute approximate surface area is 178 Å². The molecule has 0 radical (unpaired) electrons. The summed E-state index contributed by atoms with van der Waals surface area (Å²) in [5, 5.41) is 2.92. The lowest BCUT2D eigenvalue weighted by Crippen LogP contribution is -2.32. The second kappa shape index (κ2) is 9.18. The Bertz CT molecular complexity index is 992. The molecular formula is C23H29N3O3S. The highest BCUT2D eigenvalue weighted by atomic mass is 32.2. The van der Waals surface area contributed by atoms with Gasteiger partial charge in [-0.25, -0.2) is 8.42 Å². The third-order valence-corrected chi connectivity index (χ3v) is 7.77. The van der Waals surface area contributed by atoms with Crippen molar-refractivity contribution >= 4 is 27.3 Å². The van der Waals surface area contributed by atoms with Crippen LogP contribution in [-0.4, -0.2) is 44.8 Å². The van der Waals surface area contributed by atoms with Crippen molar-refractivity contribution < 1.29 is 13.2 Å². The highest BCUT2D eigenvalue weighted by molar-refractivity contribution is 7.89. The van der Waals surface area contributed by atoms with Gasteiger partial charge >= 0.3 is 0 Å². The summed E-state index contributed by atoms with van der Waals surface area (Å²) in [5.41, 5.74) is 2.16. The maximum atomic E-state index is 13.1. The van der Waals surface area contributed by atoms with Gasteiger partial charge in [0.1, 0.15) is 0 Å². The molecule has 4 rings (SSSR count). The minimum atomic E-state index is -3.59. The standard InChI is InChI=1S/C23H29N3O3S/c27-23(24-20-10-8-11-21(18-20)25-13-5-6-14-25)19-9-7-12-22(17-19)30(28,29)26-15-3-1-2-4-16-26/h7-12,17-18H,1-6,13-16H2,(H,24,27). The number of rotatable bonds is 5. The van der Waals surface area contributed by atoms with E-state index in [-0.39, 0.29) is 10.8 Å². The number of nitrogens with zero attached hydrogens (tertiary/aromatic N) is 2. The molecule has 0 aliphatic carbocycles. The molecule has 1 amide bonds. The molecule has 0 atom stereocenters. The van der Waals surface area contributed by atoms with E-state index in [1.165, 1.54) is 18.9 Å². The molecule has 7 heteroatoms. The zero-order chi connectivity index (χ0) is 21.0. The number of sulfonamides is 1. The highest BCUT2D eigenvalue weighted by Gasteiger charge is 2.26. The first kappa shape index (κ1) is 20.9. The van der Waals surface area contributed by atoms with Crippen molar-refractivity contribution in [2.45, 2.75) is 43.4 Å². The van der Waals surface area contributed by atoms with Gasteiger partial charge in [0, 0.05) is 43.1 Å². The van der Waals surface area contributed by atoms with Crippen molar-refractivity contribution in [3.63, 3.8) is 0 Å². The average Bonchev–Trinajstić information content (AvgIpc) is 3.16. The Morgan fingerprint density at radius 1 is 0.800 bits per heavy atom. The van der Waals surface area contributed by atoms with E-state index in [0.29, 0.717) is 24.3 Å². The van der Waals surface area contributed by atoms with Crippen molar-refractivity contribution in [1.29, 1.82) is 0 Å². The lowest BCUT2D eigenvalue weighted by Gasteiger charge is -2.20. The summed E-state index contributed by atoms with van der Waals surface area (Å²) in [5.74, 6) is -0.304. The number of carbonyl (C=O) groups is 1. The van der Waals surface area contributed by atoms with Crippen LogP contribution in [0, 0.1) is 0 Å². The minimum Gasteiger partial charge on any atom is -0.371 e. The first-order valence-electron chi connectivity index (χ1n) is 10.8. The second-order valence-corrected chi connectivity index (χ2v) is 9.98. The first-order valence-corrected chi connectivity index (χ1v) is 12.2. The number of hydrogen-bond acceptors (Lipinski definition) is 4. The molecule has 6 nitrogen and oxygen atoms in total. The van der Waals surface area contributed by atoms with Gasteiger partial charge in [0.15, 0.2) is 0 Å². The van der Waals surface area contributed by atoms with E-state index in [9.17, 15) is 13.2 Å².